The minimum atomic E-state index is 0.524. The van der Waals surface area contributed by atoms with E-state index < -0.39 is 0 Å². The number of hydrogen-bond donors (Lipinski definition) is 0. The number of ether oxygens (including phenoxy) is 1. The van der Waals surface area contributed by atoms with Crippen molar-refractivity contribution in [2.75, 3.05) is 26.2 Å². The van der Waals surface area contributed by atoms with Gasteiger partial charge in [-0.15, -0.1) is 0 Å². The normalized spacial score (nSPS) is 18.8. The quantitative estimate of drug-likeness (QED) is 0.603. The van der Waals surface area contributed by atoms with Crippen LogP contribution in [0.25, 0.3) is 0 Å². The van der Waals surface area contributed by atoms with Crippen LogP contribution < -0.4 is 0 Å². The molecule has 90 valence electrons. The van der Waals surface area contributed by atoms with E-state index in [2.05, 4.69) is 32.6 Å². The fraction of sp³-hybridized carbons (Fsp3) is 1.00. The molecule has 0 aliphatic carbocycles. The fourth-order valence-corrected chi connectivity index (χ4v) is 2.03. The molecule has 1 rings (SSSR count). The van der Waals surface area contributed by atoms with Gasteiger partial charge in [0.05, 0.1) is 6.10 Å². The van der Waals surface area contributed by atoms with Crippen molar-refractivity contribution in [3.63, 3.8) is 0 Å². The molecule has 0 aromatic rings. The summed E-state index contributed by atoms with van der Waals surface area (Å²) in [5.41, 5.74) is 0. The Morgan fingerprint density at radius 3 is 2.33 bits per heavy atom. The van der Waals surface area contributed by atoms with Crippen molar-refractivity contribution in [3.05, 3.63) is 0 Å². The fourth-order valence-electron chi connectivity index (χ4n) is 2.03. The molecule has 0 amide bonds. The summed E-state index contributed by atoms with van der Waals surface area (Å²) in [6.07, 6.45) is 3.04. The van der Waals surface area contributed by atoms with Crippen LogP contribution in [0.1, 0.15) is 40.5 Å². The first-order chi connectivity index (χ1) is 7.08. The van der Waals surface area contributed by atoms with Crippen molar-refractivity contribution in [1.29, 1.82) is 0 Å². The third-order valence-corrected chi connectivity index (χ3v) is 2.83. The van der Waals surface area contributed by atoms with Gasteiger partial charge in [-0.1, -0.05) is 27.7 Å². The van der Waals surface area contributed by atoms with Crippen LogP contribution in [0.4, 0.5) is 0 Å². The van der Waals surface area contributed by atoms with Gasteiger partial charge < -0.3 is 4.74 Å². The van der Waals surface area contributed by atoms with E-state index in [1.165, 1.54) is 19.4 Å². The molecule has 2 heteroatoms. The molecule has 2 nitrogen and oxygen atoms in total. The minimum Gasteiger partial charge on any atom is -0.376 e. The van der Waals surface area contributed by atoms with Gasteiger partial charge in [0.1, 0.15) is 0 Å². The Kier molecular flexibility index (Phi) is 5.62. The van der Waals surface area contributed by atoms with E-state index in [1.807, 2.05) is 0 Å². The lowest BCUT2D eigenvalue weighted by Crippen LogP contribution is -2.53. The zero-order valence-corrected chi connectivity index (χ0v) is 10.8. The standard InChI is InChI=1S/C13H27NO/c1-11(2)6-5-7-15-13-9-14(10-13)8-12(3)4/h11-13H,5-10H2,1-4H3. The van der Waals surface area contributed by atoms with E-state index >= 15 is 0 Å². The molecule has 1 aliphatic heterocycles. The number of hydrogen-bond acceptors (Lipinski definition) is 2. The molecular formula is C13H27NO. The summed E-state index contributed by atoms with van der Waals surface area (Å²) in [6.45, 7) is 13.6. The highest BCUT2D eigenvalue weighted by atomic mass is 16.5. The van der Waals surface area contributed by atoms with Gasteiger partial charge in [-0.3, -0.25) is 4.90 Å². The van der Waals surface area contributed by atoms with E-state index in [1.54, 1.807) is 0 Å². The van der Waals surface area contributed by atoms with Gasteiger partial charge in [-0.2, -0.15) is 0 Å². The summed E-state index contributed by atoms with van der Waals surface area (Å²) in [4.78, 5) is 2.48. The van der Waals surface area contributed by atoms with Crippen LogP contribution in [-0.4, -0.2) is 37.2 Å². The van der Waals surface area contributed by atoms with Gasteiger partial charge in [0, 0.05) is 26.2 Å². The molecule has 0 aromatic carbocycles. The van der Waals surface area contributed by atoms with Crippen LogP contribution in [-0.2, 0) is 4.74 Å². The average Bonchev–Trinajstić information content (AvgIpc) is 2.06. The van der Waals surface area contributed by atoms with Crippen molar-refractivity contribution in [2.45, 2.75) is 46.6 Å². The first-order valence-electron chi connectivity index (χ1n) is 6.42. The molecule has 1 saturated heterocycles. The summed E-state index contributed by atoms with van der Waals surface area (Å²) >= 11 is 0. The number of rotatable bonds is 7. The topological polar surface area (TPSA) is 12.5 Å². The van der Waals surface area contributed by atoms with Crippen molar-refractivity contribution in [3.8, 4) is 0 Å². The summed E-state index contributed by atoms with van der Waals surface area (Å²) in [5.74, 6) is 1.60. The predicted molar refractivity (Wildman–Crippen MR) is 65.1 cm³/mol. The van der Waals surface area contributed by atoms with Crippen LogP contribution in [0, 0.1) is 11.8 Å². The Morgan fingerprint density at radius 1 is 1.13 bits per heavy atom. The van der Waals surface area contributed by atoms with Crippen molar-refractivity contribution in [1.82, 2.24) is 4.90 Å². The third-order valence-electron chi connectivity index (χ3n) is 2.83. The molecular weight excluding hydrogens is 186 g/mol. The van der Waals surface area contributed by atoms with E-state index in [0.717, 1.165) is 31.5 Å². The van der Waals surface area contributed by atoms with Crippen molar-refractivity contribution < 1.29 is 4.74 Å². The second-order valence-electron chi connectivity index (χ2n) is 5.64. The van der Waals surface area contributed by atoms with Crippen LogP contribution in [0.15, 0.2) is 0 Å². The van der Waals surface area contributed by atoms with Crippen molar-refractivity contribution in [2.24, 2.45) is 11.8 Å². The van der Waals surface area contributed by atoms with Crippen LogP contribution in [0.2, 0.25) is 0 Å². The first kappa shape index (κ1) is 13.0. The maximum absolute atomic E-state index is 5.80. The van der Waals surface area contributed by atoms with Crippen LogP contribution in [0.3, 0.4) is 0 Å². The lowest BCUT2D eigenvalue weighted by molar-refractivity contribution is -0.0591. The van der Waals surface area contributed by atoms with Crippen LogP contribution >= 0.6 is 0 Å². The van der Waals surface area contributed by atoms with E-state index in [-0.39, 0.29) is 0 Å². The number of likely N-dealkylation sites (tertiary alicyclic amines) is 1. The van der Waals surface area contributed by atoms with Gasteiger partial charge in [-0.05, 0) is 24.7 Å². The molecule has 0 N–H and O–H groups in total. The average molecular weight is 213 g/mol. The predicted octanol–water partition coefficient (Wildman–Crippen LogP) is 2.78. The molecule has 0 aromatic heterocycles. The van der Waals surface area contributed by atoms with Gasteiger partial charge in [-0.25, -0.2) is 0 Å². The maximum atomic E-state index is 5.80. The Hall–Kier alpha value is -0.0800. The Labute approximate surface area is 95.0 Å². The van der Waals surface area contributed by atoms with Gasteiger partial charge in [0.15, 0.2) is 0 Å². The molecule has 0 spiro atoms. The second-order valence-corrected chi connectivity index (χ2v) is 5.64. The Balaban J connectivity index is 1.90. The molecule has 0 radical (unpaired) electrons. The molecule has 1 fully saturated rings. The largest absolute Gasteiger partial charge is 0.376 e. The van der Waals surface area contributed by atoms with E-state index in [4.69, 9.17) is 4.74 Å². The molecule has 1 aliphatic rings. The first-order valence-corrected chi connectivity index (χ1v) is 6.42. The highest BCUT2D eigenvalue weighted by Gasteiger charge is 2.27. The Morgan fingerprint density at radius 2 is 1.80 bits per heavy atom. The van der Waals surface area contributed by atoms with Crippen molar-refractivity contribution >= 4 is 0 Å². The highest BCUT2D eigenvalue weighted by Crippen LogP contribution is 2.14. The van der Waals surface area contributed by atoms with E-state index in [9.17, 15) is 0 Å². The second kappa shape index (κ2) is 6.49. The molecule has 15 heavy (non-hydrogen) atoms. The molecule has 1 heterocycles. The number of nitrogens with zero attached hydrogens (tertiary/aromatic N) is 1. The molecule has 0 saturated carbocycles. The Bertz CT molecular complexity index is 162. The summed E-state index contributed by atoms with van der Waals surface area (Å²) in [6, 6.07) is 0. The smallest absolute Gasteiger partial charge is 0.0828 e. The van der Waals surface area contributed by atoms with Gasteiger partial charge in [0.25, 0.3) is 0 Å². The lowest BCUT2D eigenvalue weighted by atomic mass is 10.1. The maximum Gasteiger partial charge on any atom is 0.0828 e. The third kappa shape index (κ3) is 5.53. The SMILES string of the molecule is CC(C)CCCOC1CN(CC(C)C)C1. The zero-order chi connectivity index (χ0) is 11.3. The summed E-state index contributed by atoms with van der Waals surface area (Å²) < 4.78 is 5.80. The summed E-state index contributed by atoms with van der Waals surface area (Å²) in [5, 5.41) is 0. The zero-order valence-electron chi connectivity index (χ0n) is 10.8. The molecule has 0 unspecified atom stereocenters. The summed E-state index contributed by atoms with van der Waals surface area (Å²) in [7, 11) is 0. The highest BCUT2D eigenvalue weighted by molar-refractivity contribution is 4.80. The monoisotopic (exact) mass is 213 g/mol. The van der Waals surface area contributed by atoms with Gasteiger partial charge >= 0.3 is 0 Å². The molecule has 0 atom stereocenters. The van der Waals surface area contributed by atoms with Crippen LogP contribution in [0.5, 0.6) is 0 Å². The lowest BCUT2D eigenvalue weighted by Gasteiger charge is -2.39. The van der Waals surface area contributed by atoms with E-state index in [0.29, 0.717) is 6.10 Å². The van der Waals surface area contributed by atoms with Gasteiger partial charge in [0.2, 0.25) is 0 Å². The molecule has 0 bridgehead atoms. The minimum absolute atomic E-state index is 0.524.